The summed E-state index contributed by atoms with van der Waals surface area (Å²) in [6.45, 7) is 6.46. The van der Waals surface area contributed by atoms with Crippen LogP contribution in [0.1, 0.15) is 32.1 Å². The van der Waals surface area contributed by atoms with Crippen LogP contribution in [0.25, 0.3) is 0 Å². The Labute approximate surface area is 129 Å². The number of carbonyl (C=O) groups is 1. The van der Waals surface area contributed by atoms with Crippen molar-refractivity contribution < 1.29 is 14.1 Å². The zero-order valence-corrected chi connectivity index (χ0v) is 13.3. The molecule has 22 heavy (non-hydrogen) atoms. The first-order chi connectivity index (χ1) is 10.4. The summed E-state index contributed by atoms with van der Waals surface area (Å²) >= 11 is 0. The minimum atomic E-state index is -0.377. The molecule has 2 amide bonds. The van der Waals surface area contributed by atoms with E-state index < -0.39 is 0 Å². The molecule has 0 radical (unpaired) electrons. The van der Waals surface area contributed by atoms with Gasteiger partial charge in [0.05, 0.1) is 6.61 Å². The first-order valence-corrected chi connectivity index (χ1v) is 7.02. The van der Waals surface area contributed by atoms with Gasteiger partial charge in [0.1, 0.15) is 5.76 Å². The van der Waals surface area contributed by atoms with Crippen LogP contribution in [0.5, 0.6) is 0 Å². The number of para-hydroxylation sites is 1. The molecule has 0 atom stereocenters. The molecule has 1 aromatic carbocycles. The van der Waals surface area contributed by atoms with Crippen LogP contribution in [-0.4, -0.2) is 18.3 Å². The van der Waals surface area contributed by atoms with Crippen LogP contribution < -0.4 is 10.6 Å². The number of rotatable bonds is 4. The normalized spacial score (nSPS) is 11.3. The molecule has 118 valence electrons. The lowest BCUT2D eigenvalue weighted by molar-refractivity contribution is 0.185. The van der Waals surface area contributed by atoms with Crippen molar-refractivity contribution in [1.82, 2.24) is 5.16 Å². The molecule has 0 unspecified atom stereocenters. The smallest absolute Gasteiger partial charge is 0.324 e. The summed E-state index contributed by atoms with van der Waals surface area (Å²) in [6.07, 6.45) is 0. The SMILES string of the molecule is COCc1ccccc1NC(=O)Nc1cc(C(C)(C)C)on1. The van der Waals surface area contributed by atoms with Crippen LogP contribution >= 0.6 is 0 Å². The number of hydrogen-bond donors (Lipinski definition) is 2. The fourth-order valence-electron chi connectivity index (χ4n) is 1.88. The molecule has 1 heterocycles. The summed E-state index contributed by atoms with van der Waals surface area (Å²) in [7, 11) is 1.61. The van der Waals surface area contributed by atoms with Crippen LogP contribution in [0.3, 0.4) is 0 Å². The Morgan fingerprint density at radius 3 is 2.64 bits per heavy atom. The van der Waals surface area contributed by atoms with E-state index in [1.165, 1.54) is 0 Å². The molecular formula is C16H21N3O3. The van der Waals surface area contributed by atoms with Gasteiger partial charge in [0.25, 0.3) is 0 Å². The summed E-state index contributed by atoms with van der Waals surface area (Å²) < 4.78 is 10.3. The van der Waals surface area contributed by atoms with Crippen LogP contribution in [0.4, 0.5) is 16.3 Å². The van der Waals surface area contributed by atoms with E-state index in [9.17, 15) is 4.79 Å². The van der Waals surface area contributed by atoms with Crippen LogP contribution in [0.15, 0.2) is 34.9 Å². The van der Waals surface area contributed by atoms with Crippen molar-refractivity contribution in [3.05, 3.63) is 41.7 Å². The third-order valence-electron chi connectivity index (χ3n) is 3.06. The van der Waals surface area contributed by atoms with Crippen molar-refractivity contribution in [2.45, 2.75) is 32.8 Å². The summed E-state index contributed by atoms with van der Waals surface area (Å²) in [4.78, 5) is 12.1. The molecule has 0 saturated heterocycles. The zero-order valence-electron chi connectivity index (χ0n) is 13.3. The average Bonchev–Trinajstić information content (AvgIpc) is 2.89. The lowest BCUT2D eigenvalue weighted by Crippen LogP contribution is -2.20. The second-order valence-corrected chi connectivity index (χ2v) is 6.00. The number of methoxy groups -OCH3 is 1. The van der Waals surface area contributed by atoms with Crippen LogP contribution in [0, 0.1) is 0 Å². The van der Waals surface area contributed by atoms with Gasteiger partial charge in [0, 0.05) is 29.8 Å². The highest BCUT2D eigenvalue weighted by Crippen LogP contribution is 2.24. The van der Waals surface area contributed by atoms with E-state index in [0.717, 1.165) is 5.56 Å². The zero-order chi connectivity index (χ0) is 16.2. The Bertz CT molecular complexity index is 644. The number of benzene rings is 1. The van der Waals surface area contributed by atoms with Gasteiger partial charge >= 0.3 is 6.03 Å². The maximum Gasteiger partial charge on any atom is 0.324 e. The summed E-state index contributed by atoms with van der Waals surface area (Å²) in [5.74, 6) is 1.09. The highest BCUT2D eigenvalue weighted by atomic mass is 16.5. The fraction of sp³-hybridized carbons (Fsp3) is 0.375. The first-order valence-electron chi connectivity index (χ1n) is 7.02. The van der Waals surface area contributed by atoms with Gasteiger partial charge in [-0.25, -0.2) is 4.79 Å². The second kappa shape index (κ2) is 6.62. The minimum Gasteiger partial charge on any atom is -0.380 e. The summed E-state index contributed by atoms with van der Waals surface area (Å²) in [6, 6.07) is 8.80. The Kier molecular flexibility index (Phi) is 4.82. The van der Waals surface area contributed by atoms with Crippen molar-refractivity contribution in [3.63, 3.8) is 0 Å². The number of hydrogen-bond acceptors (Lipinski definition) is 4. The van der Waals surface area contributed by atoms with Gasteiger partial charge in [-0.05, 0) is 6.07 Å². The predicted octanol–water partition coefficient (Wildman–Crippen LogP) is 3.76. The molecule has 6 nitrogen and oxygen atoms in total. The third kappa shape index (κ3) is 4.08. The van der Waals surface area contributed by atoms with E-state index in [0.29, 0.717) is 23.9 Å². The van der Waals surface area contributed by atoms with E-state index in [2.05, 4.69) is 15.8 Å². The molecule has 6 heteroatoms. The van der Waals surface area contributed by atoms with Crippen molar-refractivity contribution >= 4 is 17.5 Å². The molecule has 0 fully saturated rings. The first kappa shape index (κ1) is 16.0. The Morgan fingerprint density at radius 1 is 1.27 bits per heavy atom. The minimum absolute atomic E-state index is 0.158. The predicted molar refractivity (Wildman–Crippen MR) is 85.0 cm³/mol. The Balaban J connectivity index is 2.03. The maximum atomic E-state index is 12.1. The Morgan fingerprint density at radius 2 is 2.00 bits per heavy atom. The molecule has 0 aliphatic carbocycles. The van der Waals surface area contributed by atoms with Crippen molar-refractivity contribution in [2.75, 3.05) is 17.7 Å². The summed E-state index contributed by atoms with van der Waals surface area (Å²) in [5.41, 5.74) is 1.44. The van der Waals surface area contributed by atoms with E-state index in [1.807, 2.05) is 45.0 Å². The van der Waals surface area contributed by atoms with E-state index in [4.69, 9.17) is 9.26 Å². The summed E-state index contributed by atoms with van der Waals surface area (Å²) in [5, 5.41) is 9.29. The molecule has 1 aromatic heterocycles. The molecular weight excluding hydrogens is 282 g/mol. The molecule has 0 bridgehead atoms. The number of carbonyl (C=O) groups excluding carboxylic acids is 1. The van der Waals surface area contributed by atoms with Crippen LogP contribution in [0.2, 0.25) is 0 Å². The molecule has 0 spiro atoms. The molecule has 2 rings (SSSR count). The van der Waals surface area contributed by atoms with Gasteiger partial charge in [-0.3, -0.25) is 5.32 Å². The monoisotopic (exact) mass is 303 g/mol. The number of nitrogens with zero attached hydrogens (tertiary/aromatic N) is 1. The highest BCUT2D eigenvalue weighted by Gasteiger charge is 2.20. The van der Waals surface area contributed by atoms with Gasteiger partial charge in [0.2, 0.25) is 0 Å². The quantitative estimate of drug-likeness (QED) is 0.901. The third-order valence-corrected chi connectivity index (χ3v) is 3.06. The highest BCUT2D eigenvalue weighted by molar-refractivity contribution is 5.99. The number of ether oxygens (including phenoxy) is 1. The second-order valence-electron chi connectivity index (χ2n) is 6.00. The van der Waals surface area contributed by atoms with Gasteiger partial charge < -0.3 is 14.6 Å². The fourth-order valence-corrected chi connectivity index (χ4v) is 1.88. The average molecular weight is 303 g/mol. The van der Waals surface area contributed by atoms with E-state index >= 15 is 0 Å². The lowest BCUT2D eigenvalue weighted by Gasteiger charge is -2.12. The van der Waals surface area contributed by atoms with Crippen molar-refractivity contribution in [3.8, 4) is 0 Å². The molecule has 0 aliphatic rings. The number of anilines is 2. The number of amides is 2. The molecule has 0 aliphatic heterocycles. The van der Waals surface area contributed by atoms with Crippen LogP contribution in [-0.2, 0) is 16.8 Å². The van der Waals surface area contributed by atoms with E-state index in [1.54, 1.807) is 13.2 Å². The lowest BCUT2D eigenvalue weighted by atomic mass is 9.93. The van der Waals surface area contributed by atoms with E-state index in [-0.39, 0.29) is 11.4 Å². The van der Waals surface area contributed by atoms with Gasteiger partial charge in [-0.1, -0.05) is 44.1 Å². The molecule has 2 N–H and O–H groups in total. The van der Waals surface area contributed by atoms with Crippen molar-refractivity contribution in [2.24, 2.45) is 0 Å². The molecule has 0 saturated carbocycles. The Hall–Kier alpha value is -2.34. The van der Waals surface area contributed by atoms with Gasteiger partial charge in [-0.15, -0.1) is 0 Å². The van der Waals surface area contributed by atoms with Gasteiger partial charge in [0.15, 0.2) is 5.82 Å². The number of nitrogens with one attached hydrogen (secondary N) is 2. The number of aromatic nitrogens is 1. The topological polar surface area (TPSA) is 76.4 Å². The molecule has 2 aromatic rings. The van der Waals surface area contributed by atoms with Crippen molar-refractivity contribution in [1.29, 1.82) is 0 Å². The largest absolute Gasteiger partial charge is 0.380 e. The standard InChI is InChI=1S/C16H21N3O3/c1-16(2,3)13-9-14(19-22-13)18-15(20)17-12-8-6-5-7-11(12)10-21-4/h5-9H,10H2,1-4H3,(H2,17,18,19,20). The van der Waals surface area contributed by atoms with Gasteiger partial charge in [-0.2, -0.15) is 0 Å². The maximum absolute atomic E-state index is 12.1. The number of urea groups is 1.